The molecule has 30 heavy (non-hydrogen) atoms. The van der Waals surface area contributed by atoms with Crippen LogP contribution in [0.4, 0.5) is 5.69 Å². The molecule has 1 N–H and O–H groups in total. The van der Waals surface area contributed by atoms with Gasteiger partial charge in [0.1, 0.15) is 17.5 Å². The van der Waals surface area contributed by atoms with Crippen molar-refractivity contribution in [1.29, 1.82) is 0 Å². The molecule has 0 saturated heterocycles. The summed E-state index contributed by atoms with van der Waals surface area (Å²) in [7, 11) is 3.43. The van der Waals surface area contributed by atoms with Gasteiger partial charge in [-0.1, -0.05) is 42.5 Å². The van der Waals surface area contributed by atoms with Gasteiger partial charge in [-0.05, 0) is 23.8 Å². The van der Waals surface area contributed by atoms with Crippen LogP contribution in [0.2, 0.25) is 0 Å². The van der Waals surface area contributed by atoms with E-state index in [9.17, 15) is 4.79 Å². The molecule has 0 aliphatic heterocycles. The maximum absolute atomic E-state index is 13.7. The lowest BCUT2D eigenvalue weighted by Gasteiger charge is -2.19. The Bertz CT molecular complexity index is 1140. The predicted octanol–water partition coefficient (Wildman–Crippen LogP) is 4.53. The van der Waals surface area contributed by atoms with Gasteiger partial charge < -0.3 is 10.1 Å². The van der Waals surface area contributed by atoms with Gasteiger partial charge in [0, 0.05) is 48.5 Å². The maximum atomic E-state index is 13.7. The zero-order valence-corrected chi connectivity index (χ0v) is 16.8. The lowest BCUT2D eigenvalue weighted by atomic mass is 9.97. The quantitative estimate of drug-likeness (QED) is 0.463. The lowest BCUT2D eigenvalue weighted by Crippen LogP contribution is -2.22. The number of ether oxygens (including phenoxy) is 1. The summed E-state index contributed by atoms with van der Waals surface area (Å²) in [5.74, 6) is 0.575. The van der Waals surface area contributed by atoms with E-state index < -0.39 is 6.04 Å². The number of hydrogen-bond donors (Lipinski definition) is 1. The van der Waals surface area contributed by atoms with Crippen molar-refractivity contribution in [2.75, 3.05) is 12.4 Å². The number of nitrogens with zero attached hydrogens (tertiary/aromatic N) is 3. The molecule has 0 fully saturated rings. The van der Waals surface area contributed by atoms with E-state index in [-0.39, 0.29) is 5.78 Å². The number of ketones is 1. The second-order valence-electron chi connectivity index (χ2n) is 6.89. The molecule has 4 aromatic rings. The number of pyridine rings is 1. The third-order valence-electron chi connectivity index (χ3n) is 4.81. The summed E-state index contributed by atoms with van der Waals surface area (Å²) < 4.78 is 6.98. The highest BCUT2D eigenvalue weighted by Crippen LogP contribution is 2.29. The van der Waals surface area contributed by atoms with E-state index in [1.54, 1.807) is 24.2 Å². The molecule has 1 unspecified atom stereocenters. The average Bonchev–Trinajstić information content (AvgIpc) is 3.20. The average molecular weight is 398 g/mol. The van der Waals surface area contributed by atoms with E-state index in [1.807, 2.05) is 80.0 Å². The van der Waals surface area contributed by atoms with E-state index in [2.05, 4.69) is 15.4 Å². The fourth-order valence-corrected chi connectivity index (χ4v) is 3.36. The molecule has 0 bridgehead atoms. The minimum absolute atomic E-state index is 0.134. The standard InChI is InChI=1S/C24H22N4O2/c1-28-16-21(17-8-4-3-5-9-17)23(27-28)24(29)22(18-10-7-13-25-15-18)26-19-11-6-12-20(14-19)30-2/h3-16,22,26H,1-2H3. The number of anilines is 1. The van der Waals surface area contributed by atoms with Crippen molar-refractivity contribution < 1.29 is 9.53 Å². The number of aromatic nitrogens is 3. The number of rotatable bonds is 7. The Labute approximate surface area is 175 Å². The van der Waals surface area contributed by atoms with Crippen LogP contribution in [0.15, 0.2) is 85.3 Å². The number of benzene rings is 2. The molecule has 6 nitrogen and oxygen atoms in total. The summed E-state index contributed by atoms with van der Waals surface area (Å²) in [5, 5.41) is 7.83. The van der Waals surface area contributed by atoms with Crippen molar-refractivity contribution in [2.45, 2.75) is 6.04 Å². The van der Waals surface area contributed by atoms with Gasteiger partial charge in [-0.3, -0.25) is 14.5 Å². The van der Waals surface area contributed by atoms with Crippen LogP contribution < -0.4 is 10.1 Å². The van der Waals surface area contributed by atoms with Crippen LogP contribution in [-0.2, 0) is 7.05 Å². The Morgan fingerprint density at radius 3 is 2.63 bits per heavy atom. The monoisotopic (exact) mass is 398 g/mol. The van der Waals surface area contributed by atoms with Crippen LogP contribution >= 0.6 is 0 Å². The number of nitrogens with one attached hydrogen (secondary N) is 1. The maximum Gasteiger partial charge on any atom is 0.210 e. The van der Waals surface area contributed by atoms with E-state index in [1.165, 1.54) is 0 Å². The third-order valence-corrected chi connectivity index (χ3v) is 4.81. The molecule has 2 heterocycles. The first-order valence-corrected chi connectivity index (χ1v) is 9.59. The summed E-state index contributed by atoms with van der Waals surface area (Å²) in [6.07, 6.45) is 5.25. The Morgan fingerprint density at radius 2 is 1.90 bits per heavy atom. The third kappa shape index (κ3) is 4.07. The van der Waals surface area contributed by atoms with Crippen LogP contribution in [0.3, 0.4) is 0 Å². The number of Topliss-reactive ketones (excluding diaryl/α,β-unsaturated/α-hetero) is 1. The van der Waals surface area contributed by atoms with Gasteiger partial charge >= 0.3 is 0 Å². The van der Waals surface area contributed by atoms with E-state index >= 15 is 0 Å². The van der Waals surface area contributed by atoms with E-state index in [0.29, 0.717) is 11.4 Å². The molecule has 0 spiro atoms. The molecule has 0 amide bonds. The second-order valence-corrected chi connectivity index (χ2v) is 6.89. The molecule has 6 heteroatoms. The molecule has 0 saturated carbocycles. The topological polar surface area (TPSA) is 69.0 Å². The van der Waals surface area contributed by atoms with Crippen LogP contribution in [-0.4, -0.2) is 27.7 Å². The summed E-state index contributed by atoms with van der Waals surface area (Å²) in [5.41, 5.74) is 3.68. The van der Waals surface area contributed by atoms with Crippen LogP contribution in [0, 0.1) is 0 Å². The Hall–Kier alpha value is -3.93. The van der Waals surface area contributed by atoms with E-state index in [4.69, 9.17) is 4.74 Å². The molecule has 0 aliphatic carbocycles. The van der Waals surface area contributed by atoms with Crippen molar-refractivity contribution in [1.82, 2.24) is 14.8 Å². The normalized spacial score (nSPS) is 11.7. The Balaban J connectivity index is 1.76. The molecule has 2 aromatic heterocycles. The minimum atomic E-state index is -0.650. The molecule has 0 aliphatic rings. The first kappa shape index (κ1) is 19.4. The van der Waals surface area contributed by atoms with Crippen LogP contribution in [0.1, 0.15) is 22.1 Å². The largest absolute Gasteiger partial charge is 0.497 e. The fraction of sp³-hybridized carbons (Fsp3) is 0.125. The van der Waals surface area contributed by atoms with E-state index in [0.717, 1.165) is 22.4 Å². The molecule has 2 aromatic carbocycles. The molecular formula is C24H22N4O2. The number of carbonyl (C=O) groups is 1. The highest BCUT2D eigenvalue weighted by Gasteiger charge is 2.27. The zero-order chi connectivity index (χ0) is 20.9. The Morgan fingerprint density at radius 1 is 1.07 bits per heavy atom. The van der Waals surface area contributed by atoms with Crippen molar-refractivity contribution in [2.24, 2.45) is 7.05 Å². The van der Waals surface area contributed by atoms with Gasteiger partial charge in [0.15, 0.2) is 0 Å². The number of carbonyl (C=O) groups excluding carboxylic acids is 1. The van der Waals surface area contributed by atoms with Crippen LogP contribution in [0.25, 0.3) is 11.1 Å². The second kappa shape index (κ2) is 8.61. The van der Waals surface area contributed by atoms with Gasteiger partial charge in [0.25, 0.3) is 0 Å². The highest BCUT2D eigenvalue weighted by molar-refractivity contribution is 6.05. The number of methoxy groups -OCH3 is 1. The molecule has 1 atom stereocenters. The highest BCUT2D eigenvalue weighted by atomic mass is 16.5. The summed E-state index contributed by atoms with van der Waals surface area (Å²) in [6, 6.07) is 20.3. The first-order chi connectivity index (χ1) is 14.7. The fourth-order valence-electron chi connectivity index (χ4n) is 3.36. The SMILES string of the molecule is COc1cccc(NC(C(=O)c2nn(C)cc2-c2ccccc2)c2cccnc2)c1. The smallest absolute Gasteiger partial charge is 0.210 e. The van der Waals surface area contributed by atoms with Crippen molar-refractivity contribution >= 4 is 11.5 Å². The molecule has 0 radical (unpaired) electrons. The summed E-state index contributed by atoms with van der Waals surface area (Å²) in [4.78, 5) is 17.9. The minimum Gasteiger partial charge on any atom is -0.497 e. The van der Waals surface area contributed by atoms with Crippen molar-refractivity contribution in [3.63, 3.8) is 0 Å². The summed E-state index contributed by atoms with van der Waals surface area (Å²) >= 11 is 0. The van der Waals surface area contributed by atoms with Gasteiger partial charge in [-0.15, -0.1) is 0 Å². The summed E-state index contributed by atoms with van der Waals surface area (Å²) in [6.45, 7) is 0. The Kier molecular flexibility index (Phi) is 5.57. The number of aryl methyl sites for hydroxylation is 1. The molecule has 150 valence electrons. The van der Waals surface area contributed by atoms with Crippen molar-refractivity contribution in [3.8, 4) is 16.9 Å². The first-order valence-electron chi connectivity index (χ1n) is 9.59. The van der Waals surface area contributed by atoms with Gasteiger partial charge in [-0.25, -0.2) is 0 Å². The van der Waals surface area contributed by atoms with Gasteiger partial charge in [-0.2, -0.15) is 5.10 Å². The predicted molar refractivity (Wildman–Crippen MR) is 117 cm³/mol. The zero-order valence-electron chi connectivity index (χ0n) is 16.8. The molecular weight excluding hydrogens is 376 g/mol. The van der Waals surface area contributed by atoms with Gasteiger partial charge in [0.2, 0.25) is 5.78 Å². The molecule has 4 rings (SSSR count). The number of hydrogen-bond acceptors (Lipinski definition) is 5. The van der Waals surface area contributed by atoms with Crippen molar-refractivity contribution in [3.05, 3.63) is 96.6 Å². The lowest BCUT2D eigenvalue weighted by molar-refractivity contribution is 0.0964. The van der Waals surface area contributed by atoms with Crippen LogP contribution in [0.5, 0.6) is 5.75 Å². The van der Waals surface area contributed by atoms with Gasteiger partial charge in [0.05, 0.1) is 7.11 Å².